The quantitative estimate of drug-likeness (QED) is 0.696. The van der Waals surface area contributed by atoms with Crippen LogP contribution in [0, 0.1) is 0 Å². The van der Waals surface area contributed by atoms with Crippen molar-refractivity contribution in [2.45, 2.75) is 26.3 Å². The Morgan fingerprint density at radius 1 is 1.55 bits per heavy atom. The van der Waals surface area contributed by atoms with Crippen molar-refractivity contribution in [1.29, 1.82) is 0 Å². The van der Waals surface area contributed by atoms with Gasteiger partial charge in [0, 0.05) is 18.9 Å². The van der Waals surface area contributed by atoms with E-state index in [4.69, 9.17) is 5.73 Å². The number of hydrogen-bond donors (Lipinski definition) is 1. The van der Waals surface area contributed by atoms with Crippen molar-refractivity contribution in [2.24, 2.45) is 5.73 Å². The van der Waals surface area contributed by atoms with Gasteiger partial charge in [-0.25, -0.2) is 0 Å². The molecule has 0 saturated carbocycles. The molecule has 1 aromatic rings. The second kappa shape index (κ2) is 3.49. The van der Waals surface area contributed by atoms with Gasteiger partial charge in [-0.1, -0.05) is 13.8 Å². The van der Waals surface area contributed by atoms with Gasteiger partial charge in [0.25, 0.3) is 0 Å². The SMILES string of the molecule is CC(C)c1cnccc1CN. The smallest absolute Gasteiger partial charge is 0.0305 e. The van der Waals surface area contributed by atoms with Crippen LogP contribution in [0.25, 0.3) is 0 Å². The maximum Gasteiger partial charge on any atom is 0.0305 e. The van der Waals surface area contributed by atoms with Crippen LogP contribution in [0.3, 0.4) is 0 Å². The highest BCUT2D eigenvalue weighted by atomic mass is 14.6. The van der Waals surface area contributed by atoms with Gasteiger partial charge in [-0.2, -0.15) is 0 Å². The molecule has 0 amide bonds. The Labute approximate surface area is 67.5 Å². The van der Waals surface area contributed by atoms with Crippen LogP contribution in [0.15, 0.2) is 18.5 Å². The van der Waals surface area contributed by atoms with Crippen molar-refractivity contribution in [3.8, 4) is 0 Å². The standard InChI is InChI=1S/C9H14N2/c1-7(2)9-6-11-4-3-8(9)5-10/h3-4,6-7H,5,10H2,1-2H3. The number of pyridine rings is 1. The van der Waals surface area contributed by atoms with Crippen LogP contribution >= 0.6 is 0 Å². The molecular formula is C9H14N2. The summed E-state index contributed by atoms with van der Waals surface area (Å²) in [7, 11) is 0. The summed E-state index contributed by atoms with van der Waals surface area (Å²) in [5.41, 5.74) is 8.02. The van der Waals surface area contributed by atoms with Gasteiger partial charge in [0.05, 0.1) is 0 Å². The lowest BCUT2D eigenvalue weighted by molar-refractivity contribution is 0.830. The summed E-state index contributed by atoms with van der Waals surface area (Å²) < 4.78 is 0. The topological polar surface area (TPSA) is 38.9 Å². The molecule has 2 nitrogen and oxygen atoms in total. The molecule has 2 heteroatoms. The third kappa shape index (κ3) is 1.77. The summed E-state index contributed by atoms with van der Waals surface area (Å²) in [6.07, 6.45) is 3.68. The van der Waals surface area contributed by atoms with E-state index in [1.165, 1.54) is 11.1 Å². The van der Waals surface area contributed by atoms with Gasteiger partial charge in [0.2, 0.25) is 0 Å². The fourth-order valence-electron chi connectivity index (χ4n) is 1.14. The summed E-state index contributed by atoms with van der Waals surface area (Å²) in [5.74, 6) is 0.516. The zero-order valence-electron chi connectivity index (χ0n) is 7.04. The minimum atomic E-state index is 0.516. The van der Waals surface area contributed by atoms with Crippen molar-refractivity contribution in [3.63, 3.8) is 0 Å². The first-order valence-corrected chi connectivity index (χ1v) is 3.88. The van der Waals surface area contributed by atoms with E-state index in [1.807, 2.05) is 12.3 Å². The molecule has 0 spiro atoms. The predicted molar refractivity (Wildman–Crippen MR) is 46.2 cm³/mol. The zero-order chi connectivity index (χ0) is 8.27. The summed E-state index contributed by atoms with van der Waals surface area (Å²) in [4.78, 5) is 4.06. The largest absolute Gasteiger partial charge is 0.326 e. The van der Waals surface area contributed by atoms with Crippen LogP contribution in [-0.4, -0.2) is 4.98 Å². The van der Waals surface area contributed by atoms with E-state index in [2.05, 4.69) is 18.8 Å². The lowest BCUT2D eigenvalue weighted by Gasteiger charge is -2.08. The normalized spacial score (nSPS) is 10.5. The van der Waals surface area contributed by atoms with Crippen LogP contribution in [-0.2, 0) is 6.54 Å². The van der Waals surface area contributed by atoms with Crippen LogP contribution in [0.2, 0.25) is 0 Å². The fraction of sp³-hybridized carbons (Fsp3) is 0.444. The number of nitrogens with two attached hydrogens (primary N) is 1. The highest BCUT2D eigenvalue weighted by Gasteiger charge is 2.03. The second-order valence-corrected chi connectivity index (χ2v) is 2.93. The highest BCUT2D eigenvalue weighted by molar-refractivity contribution is 5.25. The van der Waals surface area contributed by atoms with Gasteiger partial charge in [0.15, 0.2) is 0 Å². The Morgan fingerprint density at radius 2 is 2.27 bits per heavy atom. The zero-order valence-corrected chi connectivity index (χ0v) is 7.04. The monoisotopic (exact) mass is 150 g/mol. The first kappa shape index (κ1) is 8.21. The third-order valence-electron chi connectivity index (χ3n) is 1.79. The molecule has 1 rings (SSSR count). The van der Waals surface area contributed by atoms with E-state index in [1.54, 1.807) is 6.20 Å². The Bertz CT molecular complexity index is 231. The molecule has 0 aliphatic rings. The van der Waals surface area contributed by atoms with Gasteiger partial charge in [-0.3, -0.25) is 4.98 Å². The molecule has 0 fully saturated rings. The molecule has 0 radical (unpaired) electrons. The molecule has 0 aliphatic carbocycles. The predicted octanol–water partition coefficient (Wildman–Crippen LogP) is 1.66. The molecule has 0 aliphatic heterocycles. The van der Waals surface area contributed by atoms with Crippen molar-refractivity contribution in [1.82, 2.24) is 4.98 Å². The number of nitrogens with zero attached hydrogens (tertiary/aromatic N) is 1. The van der Waals surface area contributed by atoms with Crippen LogP contribution in [0.1, 0.15) is 30.9 Å². The van der Waals surface area contributed by atoms with E-state index in [9.17, 15) is 0 Å². The molecule has 1 aromatic heterocycles. The summed E-state index contributed by atoms with van der Waals surface area (Å²) in [6, 6.07) is 1.98. The number of hydrogen-bond acceptors (Lipinski definition) is 2. The molecule has 60 valence electrons. The fourth-order valence-corrected chi connectivity index (χ4v) is 1.14. The van der Waals surface area contributed by atoms with Crippen LogP contribution in [0.5, 0.6) is 0 Å². The number of rotatable bonds is 2. The Kier molecular flexibility index (Phi) is 2.60. The maximum atomic E-state index is 5.56. The molecule has 2 N–H and O–H groups in total. The van der Waals surface area contributed by atoms with Crippen molar-refractivity contribution in [2.75, 3.05) is 0 Å². The van der Waals surface area contributed by atoms with Crippen molar-refractivity contribution < 1.29 is 0 Å². The van der Waals surface area contributed by atoms with Crippen molar-refractivity contribution >= 4 is 0 Å². The summed E-state index contributed by atoms with van der Waals surface area (Å²) in [6.45, 7) is 4.91. The van der Waals surface area contributed by atoms with E-state index < -0.39 is 0 Å². The maximum absolute atomic E-state index is 5.56. The molecule has 11 heavy (non-hydrogen) atoms. The summed E-state index contributed by atoms with van der Waals surface area (Å²) >= 11 is 0. The van der Waals surface area contributed by atoms with E-state index in [-0.39, 0.29) is 0 Å². The van der Waals surface area contributed by atoms with Gasteiger partial charge >= 0.3 is 0 Å². The minimum absolute atomic E-state index is 0.516. The summed E-state index contributed by atoms with van der Waals surface area (Å²) in [5, 5.41) is 0. The minimum Gasteiger partial charge on any atom is -0.326 e. The Balaban J connectivity index is 3.02. The Hall–Kier alpha value is -0.890. The van der Waals surface area contributed by atoms with Crippen LogP contribution < -0.4 is 5.73 Å². The first-order chi connectivity index (χ1) is 5.25. The third-order valence-corrected chi connectivity index (χ3v) is 1.79. The van der Waals surface area contributed by atoms with Crippen LogP contribution in [0.4, 0.5) is 0 Å². The van der Waals surface area contributed by atoms with Gasteiger partial charge < -0.3 is 5.73 Å². The molecule has 0 bridgehead atoms. The van der Waals surface area contributed by atoms with E-state index in [0.717, 1.165) is 0 Å². The molecule has 0 saturated heterocycles. The lowest BCUT2D eigenvalue weighted by Crippen LogP contribution is -2.02. The van der Waals surface area contributed by atoms with Gasteiger partial charge in [0.1, 0.15) is 0 Å². The average Bonchev–Trinajstić information content (AvgIpc) is 2.04. The lowest BCUT2D eigenvalue weighted by atomic mass is 10.00. The van der Waals surface area contributed by atoms with Gasteiger partial charge in [-0.05, 0) is 23.1 Å². The molecule has 0 unspecified atom stereocenters. The number of aromatic nitrogens is 1. The Morgan fingerprint density at radius 3 is 2.73 bits per heavy atom. The molecule has 1 heterocycles. The molecular weight excluding hydrogens is 136 g/mol. The first-order valence-electron chi connectivity index (χ1n) is 3.88. The molecule has 0 atom stereocenters. The van der Waals surface area contributed by atoms with Crippen molar-refractivity contribution in [3.05, 3.63) is 29.6 Å². The molecule has 0 aromatic carbocycles. The average molecular weight is 150 g/mol. The second-order valence-electron chi connectivity index (χ2n) is 2.93. The highest BCUT2D eigenvalue weighted by Crippen LogP contribution is 2.16. The van der Waals surface area contributed by atoms with Gasteiger partial charge in [-0.15, -0.1) is 0 Å². The van der Waals surface area contributed by atoms with E-state index in [0.29, 0.717) is 12.5 Å². The van der Waals surface area contributed by atoms with E-state index >= 15 is 0 Å².